The highest BCUT2D eigenvalue weighted by Crippen LogP contribution is 2.34. The molecule has 0 aliphatic heterocycles. The summed E-state index contributed by atoms with van der Waals surface area (Å²) in [4.78, 5) is 4.59. The lowest BCUT2D eigenvalue weighted by molar-refractivity contribution is 0.309. The molecule has 0 unspecified atom stereocenters. The molecule has 3 rings (SSSR count). The second kappa shape index (κ2) is 8.30. The fourth-order valence-electron chi connectivity index (χ4n) is 2.74. The van der Waals surface area contributed by atoms with E-state index in [9.17, 15) is 0 Å². The predicted octanol–water partition coefficient (Wildman–Crippen LogP) is 7.07. The van der Waals surface area contributed by atoms with Crippen LogP contribution >= 0.6 is 34.8 Å². The van der Waals surface area contributed by atoms with Gasteiger partial charge in [-0.05, 0) is 43.2 Å². The highest BCUT2D eigenvalue weighted by Gasteiger charge is 2.13. The third-order valence-electron chi connectivity index (χ3n) is 4.19. The minimum Gasteiger partial charge on any atom is -0.487 e. The van der Waals surface area contributed by atoms with Crippen LogP contribution in [0.5, 0.6) is 5.75 Å². The molecular formula is C21H18Cl3NO. The fourth-order valence-corrected chi connectivity index (χ4v) is 3.60. The van der Waals surface area contributed by atoms with E-state index < -0.39 is 0 Å². The number of pyridine rings is 1. The minimum absolute atomic E-state index is 0.258. The van der Waals surface area contributed by atoms with Gasteiger partial charge in [0.25, 0.3) is 0 Å². The zero-order chi connectivity index (χ0) is 18.7. The van der Waals surface area contributed by atoms with Gasteiger partial charge < -0.3 is 4.74 Å². The first-order valence-corrected chi connectivity index (χ1v) is 9.49. The third-order valence-corrected chi connectivity index (χ3v) is 5.13. The Balaban J connectivity index is 1.94. The second-order valence-electron chi connectivity index (χ2n) is 6.00. The number of fused-ring (bicyclic) bond motifs is 1. The van der Waals surface area contributed by atoms with Crippen LogP contribution in [-0.4, -0.2) is 10.9 Å². The highest BCUT2D eigenvalue weighted by atomic mass is 35.5. The lowest BCUT2D eigenvalue weighted by Gasteiger charge is -2.14. The zero-order valence-electron chi connectivity index (χ0n) is 14.5. The molecule has 0 spiro atoms. The molecule has 0 amide bonds. The van der Waals surface area contributed by atoms with Gasteiger partial charge in [-0.2, -0.15) is 0 Å². The number of halogens is 3. The average Bonchev–Trinajstić information content (AvgIpc) is 2.62. The molecule has 0 aliphatic rings. The van der Waals surface area contributed by atoms with E-state index in [1.165, 1.54) is 0 Å². The first-order valence-electron chi connectivity index (χ1n) is 8.20. The molecule has 134 valence electrons. The molecule has 2 aromatic carbocycles. The van der Waals surface area contributed by atoms with Crippen molar-refractivity contribution in [2.45, 2.75) is 20.5 Å². The maximum absolute atomic E-state index is 6.59. The zero-order valence-corrected chi connectivity index (χ0v) is 16.8. The Morgan fingerprint density at radius 3 is 2.69 bits per heavy atom. The van der Waals surface area contributed by atoms with Gasteiger partial charge in [0.2, 0.25) is 0 Å². The maximum atomic E-state index is 6.59. The van der Waals surface area contributed by atoms with Crippen molar-refractivity contribution in [3.63, 3.8) is 0 Å². The molecule has 0 fully saturated rings. The Labute approximate surface area is 168 Å². The van der Waals surface area contributed by atoms with E-state index in [2.05, 4.69) is 4.98 Å². The Bertz CT molecular complexity index is 982. The molecule has 1 aromatic heterocycles. The Morgan fingerprint density at radius 2 is 1.92 bits per heavy atom. The van der Waals surface area contributed by atoms with E-state index in [4.69, 9.17) is 39.5 Å². The maximum Gasteiger partial charge on any atom is 0.146 e. The number of allylic oxidation sites excluding steroid dienone is 2. The third kappa shape index (κ3) is 3.98. The summed E-state index contributed by atoms with van der Waals surface area (Å²) in [7, 11) is 0. The Kier molecular flexibility index (Phi) is 6.08. The van der Waals surface area contributed by atoms with Crippen LogP contribution in [-0.2, 0) is 6.61 Å². The van der Waals surface area contributed by atoms with Crippen LogP contribution in [0.15, 0.2) is 48.5 Å². The van der Waals surface area contributed by atoms with E-state index in [0.29, 0.717) is 21.7 Å². The van der Waals surface area contributed by atoms with Gasteiger partial charge in [-0.25, -0.2) is 4.98 Å². The van der Waals surface area contributed by atoms with Gasteiger partial charge in [-0.15, -0.1) is 11.6 Å². The number of alkyl halides is 1. The van der Waals surface area contributed by atoms with Gasteiger partial charge in [0, 0.05) is 27.5 Å². The summed E-state index contributed by atoms with van der Waals surface area (Å²) in [6, 6.07) is 13.6. The number of nitrogens with zero attached hydrogens (tertiary/aromatic N) is 1. The molecule has 0 N–H and O–H groups in total. The van der Waals surface area contributed by atoms with Gasteiger partial charge in [0.15, 0.2) is 0 Å². The number of ether oxygens (including phenoxy) is 1. The number of para-hydroxylation sites is 1. The van der Waals surface area contributed by atoms with E-state index in [0.717, 1.165) is 33.3 Å². The summed E-state index contributed by atoms with van der Waals surface area (Å²) in [6.07, 6.45) is 1.92. The summed E-state index contributed by atoms with van der Waals surface area (Å²) in [5.74, 6) is 1.13. The summed E-state index contributed by atoms with van der Waals surface area (Å²) in [5, 5.41) is 2.18. The normalized spacial score (nSPS) is 11.8. The van der Waals surface area contributed by atoms with Crippen molar-refractivity contribution in [2.24, 2.45) is 0 Å². The molecule has 1 heterocycles. The summed E-state index contributed by atoms with van der Waals surface area (Å²) < 4.78 is 6.04. The van der Waals surface area contributed by atoms with Crippen molar-refractivity contribution in [1.29, 1.82) is 0 Å². The van der Waals surface area contributed by atoms with Crippen LogP contribution in [0.4, 0.5) is 0 Å². The van der Waals surface area contributed by atoms with Crippen LogP contribution in [0.3, 0.4) is 0 Å². The SMILES string of the molecule is C/C(=C\CCl)c1ccc(Cl)c(COc2cccc3ccc(C)nc23)c1Cl. The van der Waals surface area contributed by atoms with Gasteiger partial charge in [0.1, 0.15) is 17.9 Å². The van der Waals surface area contributed by atoms with Crippen molar-refractivity contribution in [3.05, 3.63) is 75.4 Å². The summed E-state index contributed by atoms with van der Waals surface area (Å²) in [6.45, 7) is 4.19. The van der Waals surface area contributed by atoms with Crippen molar-refractivity contribution in [3.8, 4) is 5.75 Å². The molecular weight excluding hydrogens is 389 g/mol. The van der Waals surface area contributed by atoms with Crippen LogP contribution in [0.25, 0.3) is 16.5 Å². The molecule has 0 saturated heterocycles. The van der Waals surface area contributed by atoms with Crippen LogP contribution in [0.2, 0.25) is 10.0 Å². The highest BCUT2D eigenvalue weighted by molar-refractivity contribution is 6.37. The molecule has 0 saturated carbocycles. The number of benzene rings is 2. The second-order valence-corrected chi connectivity index (χ2v) is 7.09. The van der Waals surface area contributed by atoms with E-state index in [-0.39, 0.29) is 6.61 Å². The first-order chi connectivity index (χ1) is 12.5. The largest absolute Gasteiger partial charge is 0.487 e. The molecule has 0 bridgehead atoms. The molecule has 26 heavy (non-hydrogen) atoms. The fraction of sp³-hybridized carbons (Fsp3) is 0.190. The van der Waals surface area contributed by atoms with Crippen LogP contribution in [0, 0.1) is 6.92 Å². The standard InChI is InChI=1S/C21H18Cl3NO/c1-13(10-11-22)16-8-9-18(23)17(20(16)24)12-26-19-5-3-4-15-7-6-14(2)25-21(15)19/h3-10H,11-12H2,1-2H3/b13-10+. The van der Waals surface area contributed by atoms with Crippen LogP contribution in [0.1, 0.15) is 23.7 Å². The predicted molar refractivity (Wildman–Crippen MR) is 112 cm³/mol. The van der Waals surface area contributed by atoms with Gasteiger partial charge in [-0.1, -0.05) is 53.5 Å². The number of hydrogen-bond donors (Lipinski definition) is 0. The molecule has 0 atom stereocenters. The van der Waals surface area contributed by atoms with Crippen LogP contribution < -0.4 is 4.74 Å². The Morgan fingerprint density at radius 1 is 1.12 bits per heavy atom. The topological polar surface area (TPSA) is 22.1 Å². The number of aryl methyl sites for hydroxylation is 1. The van der Waals surface area contributed by atoms with Crippen molar-refractivity contribution >= 4 is 51.3 Å². The number of aromatic nitrogens is 1. The van der Waals surface area contributed by atoms with Gasteiger partial charge in [-0.3, -0.25) is 0 Å². The smallest absolute Gasteiger partial charge is 0.146 e. The summed E-state index contributed by atoms with van der Waals surface area (Å²) in [5.41, 5.74) is 4.42. The molecule has 0 radical (unpaired) electrons. The van der Waals surface area contributed by atoms with E-state index >= 15 is 0 Å². The minimum atomic E-state index is 0.258. The quantitative estimate of drug-likeness (QED) is 0.423. The molecule has 5 heteroatoms. The lowest BCUT2D eigenvalue weighted by atomic mass is 10.0. The number of rotatable bonds is 5. The van der Waals surface area contributed by atoms with Gasteiger partial charge >= 0.3 is 0 Å². The average molecular weight is 407 g/mol. The lowest BCUT2D eigenvalue weighted by Crippen LogP contribution is -2.00. The monoisotopic (exact) mass is 405 g/mol. The molecule has 3 aromatic rings. The van der Waals surface area contributed by atoms with Crippen molar-refractivity contribution in [1.82, 2.24) is 4.98 Å². The molecule has 0 aliphatic carbocycles. The molecule has 2 nitrogen and oxygen atoms in total. The number of hydrogen-bond acceptors (Lipinski definition) is 2. The van der Waals surface area contributed by atoms with Gasteiger partial charge in [0.05, 0.1) is 5.02 Å². The first kappa shape index (κ1) is 19.0. The summed E-state index contributed by atoms with van der Waals surface area (Å²) >= 11 is 18.8. The van der Waals surface area contributed by atoms with E-state index in [1.807, 2.05) is 62.4 Å². The Hall–Kier alpha value is -1.74. The van der Waals surface area contributed by atoms with E-state index in [1.54, 1.807) is 0 Å². The van der Waals surface area contributed by atoms with Crippen molar-refractivity contribution < 1.29 is 4.74 Å². The van der Waals surface area contributed by atoms with Crippen molar-refractivity contribution in [2.75, 3.05) is 5.88 Å².